The average Bonchev–Trinajstić information content (AvgIpc) is 2.85. The number of halogens is 1. The summed E-state index contributed by atoms with van der Waals surface area (Å²) in [5.74, 6) is -0.130. The summed E-state index contributed by atoms with van der Waals surface area (Å²) in [5.41, 5.74) is 10.6. The molecule has 122 valence electrons. The zero-order valence-electron chi connectivity index (χ0n) is 14.1. The molecule has 0 amide bonds. The van der Waals surface area contributed by atoms with Crippen LogP contribution in [-0.2, 0) is 12.0 Å². The van der Waals surface area contributed by atoms with Crippen LogP contribution in [0.4, 0.5) is 4.39 Å². The van der Waals surface area contributed by atoms with Gasteiger partial charge in [-0.05, 0) is 35.2 Å². The van der Waals surface area contributed by atoms with Crippen molar-refractivity contribution in [3.63, 3.8) is 0 Å². The predicted octanol–water partition coefficient (Wildman–Crippen LogP) is 3.93. The molecule has 0 spiro atoms. The van der Waals surface area contributed by atoms with Crippen LogP contribution >= 0.6 is 0 Å². The summed E-state index contributed by atoms with van der Waals surface area (Å²) in [4.78, 5) is 2.39. The molecule has 2 nitrogen and oxygen atoms in total. The summed E-state index contributed by atoms with van der Waals surface area (Å²) in [6.07, 6.45) is 0. The van der Waals surface area contributed by atoms with Crippen LogP contribution in [0.5, 0.6) is 0 Å². The predicted molar refractivity (Wildman–Crippen MR) is 92.8 cm³/mol. The maximum absolute atomic E-state index is 14.2. The third-order valence-electron chi connectivity index (χ3n) is 5.03. The van der Waals surface area contributed by atoms with Crippen LogP contribution in [0.2, 0.25) is 0 Å². The highest BCUT2D eigenvalue weighted by molar-refractivity contribution is 5.40. The molecule has 1 unspecified atom stereocenters. The van der Waals surface area contributed by atoms with Gasteiger partial charge in [-0.2, -0.15) is 0 Å². The summed E-state index contributed by atoms with van der Waals surface area (Å²) in [6, 6.07) is 13.7. The Bertz CT molecular complexity index is 709. The fourth-order valence-electron chi connectivity index (χ4n) is 3.81. The van der Waals surface area contributed by atoms with Gasteiger partial charge in [-0.1, -0.05) is 50.2 Å². The Hall–Kier alpha value is -1.71. The second-order valence-corrected chi connectivity index (χ2v) is 7.16. The lowest BCUT2D eigenvalue weighted by molar-refractivity contribution is 0.177. The minimum absolute atomic E-state index is 0.130. The Morgan fingerprint density at radius 1 is 1.17 bits per heavy atom. The molecule has 23 heavy (non-hydrogen) atoms. The summed E-state index contributed by atoms with van der Waals surface area (Å²) in [6.45, 7) is 8.62. The van der Waals surface area contributed by atoms with E-state index >= 15 is 0 Å². The van der Waals surface area contributed by atoms with Crippen LogP contribution in [0.25, 0.3) is 0 Å². The molecule has 2 N–H and O–H groups in total. The Morgan fingerprint density at radius 2 is 1.91 bits per heavy atom. The number of nitrogens with two attached hydrogens (primary N) is 1. The monoisotopic (exact) mass is 312 g/mol. The largest absolute Gasteiger partial charge is 0.329 e. The second-order valence-electron chi connectivity index (χ2n) is 7.16. The number of nitrogens with zero attached hydrogens (tertiary/aromatic N) is 1. The highest BCUT2D eigenvalue weighted by Gasteiger charge is 2.35. The maximum atomic E-state index is 14.2. The van der Waals surface area contributed by atoms with E-state index in [1.165, 1.54) is 16.7 Å². The van der Waals surface area contributed by atoms with Crippen LogP contribution < -0.4 is 5.73 Å². The molecule has 2 aromatic rings. The normalized spacial score (nSPS) is 18.2. The molecule has 3 heteroatoms. The van der Waals surface area contributed by atoms with Crippen molar-refractivity contribution in [1.29, 1.82) is 0 Å². The van der Waals surface area contributed by atoms with Gasteiger partial charge >= 0.3 is 0 Å². The first-order valence-corrected chi connectivity index (χ1v) is 8.21. The standard InChI is InChI=1S/C20H25FN2/c1-14-7-6-8-15-16(14)12-23(19(15)11-22)13-20(2,3)17-9-4-5-10-18(17)21/h4-10,19H,11-13,22H2,1-3H3. The Balaban J connectivity index is 1.89. The highest BCUT2D eigenvalue weighted by Crippen LogP contribution is 2.38. The van der Waals surface area contributed by atoms with E-state index in [2.05, 4.69) is 43.9 Å². The van der Waals surface area contributed by atoms with Gasteiger partial charge in [-0.25, -0.2) is 4.39 Å². The van der Waals surface area contributed by atoms with E-state index < -0.39 is 0 Å². The van der Waals surface area contributed by atoms with Crippen molar-refractivity contribution in [3.05, 3.63) is 70.5 Å². The highest BCUT2D eigenvalue weighted by atomic mass is 19.1. The van der Waals surface area contributed by atoms with Crippen LogP contribution in [0.1, 0.15) is 42.1 Å². The van der Waals surface area contributed by atoms with Crippen LogP contribution in [0, 0.1) is 12.7 Å². The average molecular weight is 312 g/mol. The molecule has 0 bridgehead atoms. The van der Waals surface area contributed by atoms with Crippen molar-refractivity contribution in [2.75, 3.05) is 13.1 Å². The molecule has 1 atom stereocenters. The smallest absolute Gasteiger partial charge is 0.126 e. The summed E-state index contributed by atoms with van der Waals surface area (Å²) < 4.78 is 14.2. The zero-order valence-corrected chi connectivity index (χ0v) is 14.1. The number of benzene rings is 2. The van der Waals surface area contributed by atoms with Gasteiger partial charge in [0.15, 0.2) is 0 Å². The number of hydrogen-bond acceptors (Lipinski definition) is 2. The first kappa shape index (κ1) is 16.2. The molecule has 3 rings (SSSR count). The first-order chi connectivity index (χ1) is 10.9. The second kappa shape index (κ2) is 6.06. The first-order valence-electron chi connectivity index (χ1n) is 8.21. The Morgan fingerprint density at radius 3 is 2.61 bits per heavy atom. The lowest BCUT2D eigenvalue weighted by Crippen LogP contribution is -2.38. The van der Waals surface area contributed by atoms with Crippen molar-refractivity contribution < 1.29 is 4.39 Å². The SMILES string of the molecule is Cc1cccc2c1CN(CC(C)(C)c1ccccc1F)C2CN. The molecular weight excluding hydrogens is 287 g/mol. The summed E-state index contributed by atoms with van der Waals surface area (Å²) in [5, 5.41) is 0. The van der Waals surface area contributed by atoms with Crippen molar-refractivity contribution in [3.8, 4) is 0 Å². The van der Waals surface area contributed by atoms with Gasteiger partial charge in [0.05, 0.1) is 0 Å². The van der Waals surface area contributed by atoms with Crippen molar-refractivity contribution in [1.82, 2.24) is 4.90 Å². The van der Waals surface area contributed by atoms with Crippen LogP contribution in [0.3, 0.4) is 0 Å². The third-order valence-corrected chi connectivity index (χ3v) is 5.03. The molecule has 0 radical (unpaired) electrons. The minimum atomic E-state index is -0.269. The molecule has 0 saturated heterocycles. The van der Waals surface area contributed by atoms with Gasteiger partial charge in [0.25, 0.3) is 0 Å². The van der Waals surface area contributed by atoms with Gasteiger partial charge in [0.2, 0.25) is 0 Å². The Labute approximate surface area is 138 Å². The van der Waals surface area contributed by atoms with E-state index in [0.29, 0.717) is 6.54 Å². The van der Waals surface area contributed by atoms with E-state index in [-0.39, 0.29) is 17.3 Å². The third kappa shape index (κ3) is 2.91. The fraction of sp³-hybridized carbons (Fsp3) is 0.400. The molecule has 1 heterocycles. The maximum Gasteiger partial charge on any atom is 0.126 e. The van der Waals surface area contributed by atoms with E-state index in [4.69, 9.17) is 5.73 Å². The van der Waals surface area contributed by atoms with Gasteiger partial charge in [0, 0.05) is 31.1 Å². The van der Waals surface area contributed by atoms with Gasteiger partial charge < -0.3 is 5.73 Å². The molecule has 0 saturated carbocycles. The van der Waals surface area contributed by atoms with E-state index in [1.807, 2.05) is 12.1 Å². The van der Waals surface area contributed by atoms with Crippen molar-refractivity contribution >= 4 is 0 Å². The lowest BCUT2D eigenvalue weighted by Gasteiger charge is -2.34. The number of fused-ring (bicyclic) bond motifs is 1. The van der Waals surface area contributed by atoms with Gasteiger partial charge in [0.1, 0.15) is 5.82 Å². The quantitative estimate of drug-likeness (QED) is 0.927. The molecule has 1 aliphatic heterocycles. The van der Waals surface area contributed by atoms with E-state index in [0.717, 1.165) is 18.7 Å². The lowest BCUT2D eigenvalue weighted by atomic mass is 9.83. The number of aryl methyl sites for hydroxylation is 1. The minimum Gasteiger partial charge on any atom is -0.329 e. The fourth-order valence-corrected chi connectivity index (χ4v) is 3.81. The molecule has 2 aromatic carbocycles. The summed E-state index contributed by atoms with van der Waals surface area (Å²) >= 11 is 0. The van der Waals surface area contributed by atoms with Crippen molar-refractivity contribution in [2.24, 2.45) is 5.73 Å². The van der Waals surface area contributed by atoms with E-state index in [1.54, 1.807) is 12.1 Å². The molecule has 0 aliphatic carbocycles. The van der Waals surface area contributed by atoms with Gasteiger partial charge in [-0.3, -0.25) is 4.90 Å². The van der Waals surface area contributed by atoms with Crippen molar-refractivity contribution in [2.45, 2.75) is 38.8 Å². The topological polar surface area (TPSA) is 29.3 Å². The number of rotatable bonds is 4. The molecule has 0 aromatic heterocycles. The van der Waals surface area contributed by atoms with Crippen LogP contribution in [-0.4, -0.2) is 18.0 Å². The molecular formula is C20H25FN2. The Kier molecular flexibility index (Phi) is 4.26. The van der Waals surface area contributed by atoms with E-state index in [9.17, 15) is 4.39 Å². The zero-order chi connectivity index (χ0) is 16.6. The van der Waals surface area contributed by atoms with Gasteiger partial charge in [-0.15, -0.1) is 0 Å². The molecule has 0 fully saturated rings. The van der Waals surface area contributed by atoms with Crippen LogP contribution in [0.15, 0.2) is 42.5 Å². The number of hydrogen-bond donors (Lipinski definition) is 1. The molecule has 1 aliphatic rings. The summed E-state index contributed by atoms with van der Waals surface area (Å²) in [7, 11) is 0.